The van der Waals surface area contributed by atoms with Crippen molar-refractivity contribution < 1.29 is 95.9 Å². The van der Waals surface area contributed by atoms with E-state index in [1.165, 1.54) is 12.1 Å². The van der Waals surface area contributed by atoms with Gasteiger partial charge in [0.1, 0.15) is 36.7 Å². The Morgan fingerprint density at radius 2 is 1.24 bits per heavy atom. The molecule has 5 aliphatic rings. The lowest BCUT2D eigenvalue weighted by molar-refractivity contribution is -0.245. The van der Waals surface area contributed by atoms with Crippen LogP contribution in [0.15, 0.2) is 45.1 Å². The van der Waals surface area contributed by atoms with Crippen LogP contribution >= 0.6 is 0 Å². The van der Waals surface area contributed by atoms with Crippen molar-refractivity contribution in [3.8, 4) is 5.75 Å². The number of hydrogen-bond acceptors (Lipinski definition) is 20. The third kappa shape index (κ3) is 21.3. The minimum absolute atomic E-state index is 0.000702. The van der Waals surface area contributed by atoms with Crippen LogP contribution in [0.1, 0.15) is 140 Å². The summed E-state index contributed by atoms with van der Waals surface area (Å²) < 4.78 is 60.6. The Labute approximate surface area is 527 Å². The van der Waals surface area contributed by atoms with Gasteiger partial charge in [-0.25, -0.2) is 9.59 Å². The zero-order valence-electron chi connectivity index (χ0n) is 52.9. The lowest BCUT2D eigenvalue weighted by atomic mass is 9.42. The molecule has 1 aromatic heterocycles. The van der Waals surface area contributed by atoms with Crippen LogP contribution in [0, 0.1) is 34.5 Å². The highest BCUT2D eigenvalue weighted by atomic mass is 16.6. The molecule has 1 aromatic carbocycles. The van der Waals surface area contributed by atoms with Crippen molar-refractivity contribution in [3.63, 3.8) is 0 Å². The minimum atomic E-state index is -1.00. The minimum Gasteiger partial charge on any atom is -0.486 e. The number of unbranched alkanes of at least 4 members (excludes halogenated alkanes) is 3. The number of carbonyl (C=O) groups excluding carboxylic acids is 5. The van der Waals surface area contributed by atoms with E-state index in [2.05, 4.69) is 22.9 Å². The number of aliphatic hydroxyl groups excluding tert-OH is 1. The predicted octanol–water partition coefficient (Wildman–Crippen LogP) is 5.42. The molecule has 504 valence electrons. The summed E-state index contributed by atoms with van der Waals surface area (Å²) in [7, 11) is 0. The maximum absolute atomic E-state index is 12.8. The number of carboxylic acid groups (broad SMARTS) is 1. The average Bonchev–Trinajstić information content (AvgIpc) is 1.38. The summed E-state index contributed by atoms with van der Waals surface area (Å²) >= 11 is 0. The molecule has 4 saturated carbocycles. The number of hydrogen-bond donors (Lipinski definition) is 6. The second-order valence-electron chi connectivity index (χ2n) is 24.9. The van der Waals surface area contributed by atoms with E-state index >= 15 is 0 Å². The van der Waals surface area contributed by atoms with Crippen LogP contribution in [-0.2, 0) is 66.6 Å². The number of carbonyl (C=O) groups is 6. The molecular weight excluding hydrogens is 1170 g/mol. The lowest BCUT2D eigenvalue weighted by Gasteiger charge is -2.65. The molecule has 4 fully saturated rings. The number of carboxylic acids is 1. The fourth-order valence-corrected chi connectivity index (χ4v) is 14.1. The van der Waals surface area contributed by atoms with Crippen molar-refractivity contribution in [1.29, 1.82) is 0 Å². The number of benzene rings is 1. The fraction of sp³-hybridized carbons (Fsp3) is 0.742. The van der Waals surface area contributed by atoms with E-state index in [4.69, 9.17) is 56.9 Å². The summed E-state index contributed by atoms with van der Waals surface area (Å²) in [4.78, 5) is 85.3. The summed E-state index contributed by atoms with van der Waals surface area (Å²) in [6, 6.07) is 6.22. The lowest BCUT2D eigenvalue weighted by Crippen LogP contribution is -2.67. The van der Waals surface area contributed by atoms with Crippen molar-refractivity contribution in [2.75, 3.05) is 132 Å². The molecule has 90 heavy (non-hydrogen) atoms. The first kappa shape index (κ1) is 72.0. The Kier molecular flexibility index (Phi) is 29.9. The van der Waals surface area contributed by atoms with Crippen molar-refractivity contribution in [3.05, 3.63) is 51.9 Å². The van der Waals surface area contributed by atoms with Gasteiger partial charge in [-0.3, -0.25) is 24.0 Å². The maximum Gasteiger partial charge on any atom is 0.349 e. The predicted molar refractivity (Wildman–Crippen MR) is 328 cm³/mol. The number of ketones is 1. The molecule has 9 atom stereocenters. The van der Waals surface area contributed by atoms with E-state index in [1.807, 2.05) is 6.92 Å². The second-order valence-corrected chi connectivity index (χ2v) is 24.9. The number of aliphatic carboxylic acids is 1. The molecule has 24 nitrogen and oxygen atoms in total. The second kappa shape index (κ2) is 37.3. The van der Waals surface area contributed by atoms with Crippen LogP contribution in [0.3, 0.4) is 0 Å². The van der Waals surface area contributed by atoms with E-state index in [0.29, 0.717) is 155 Å². The standard InChI is InChI=1S/C66H99N3O21/c1-64-19-16-51(40-48(64)13-15-54-55(64)42-57(71)65(2)53(17-20-66(54,65)79)47-39-61(76)89-43-47)88-45-59(73)68-21-6-4-3-5-11-58(72)67-22-8-25-81-29-33-84-34-30-82-26-9-23-69-62(77)52-38-46-12-14-50(41-56(46)90-63(52)78)87-44-49(70)10-7-24-80-28-32-85-36-37-86-35-31-83-27-18-60(74)75/h12,14,38-39,41,48,51,53-55,57,71,79H,3-11,13,15-37,40,42-45H2,1-2H3,(H,67,72)(H,68,73)(H,69,77)(H,74,75)/t48?,51-,53+,54?,55?,57+,64-,65-,66-/m0/s1. The monoisotopic (exact) mass is 1270 g/mol. The Morgan fingerprint density at radius 1 is 0.622 bits per heavy atom. The highest BCUT2D eigenvalue weighted by molar-refractivity contribution is 5.96. The van der Waals surface area contributed by atoms with Gasteiger partial charge in [-0.2, -0.15) is 0 Å². The third-order valence-electron chi connectivity index (χ3n) is 19.1. The number of fused-ring (bicyclic) bond motifs is 6. The summed E-state index contributed by atoms with van der Waals surface area (Å²) in [5.74, 6) is -1.11. The van der Waals surface area contributed by atoms with E-state index < -0.39 is 34.6 Å². The van der Waals surface area contributed by atoms with E-state index in [-0.39, 0.29) is 110 Å². The molecule has 24 heteroatoms. The first-order chi connectivity index (χ1) is 43.5. The summed E-state index contributed by atoms with van der Waals surface area (Å²) in [5, 5.41) is 42.1. The fourth-order valence-electron chi connectivity index (χ4n) is 14.1. The van der Waals surface area contributed by atoms with E-state index in [1.54, 1.807) is 18.2 Å². The van der Waals surface area contributed by atoms with Crippen LogP contribution in [0.25, 0.3) is 11.0 Å². The normalized spacial score (nSPS) is 25.2. The van der Waals surface area contributed by atoms with Crippen LogP contribution in [-0.4, -0.2) is 201 Å². The average molecular weight is 1270 g/mol. The van der Waals surface area contributed by atoms with Gasteiger partial charge in [0.2, 0.25) is 11.8 Å². The molecule has 7 rings (SSSR count). The highest BCUT2D eigenvalue weighted by Crippen LogP contribution is 2.70. The van der Waals surface area contributed by atoms with Crippen molar-refractivity contribution >= 4 is 46.4 Å². The van der Waals surface area contributed by atoms with Gasteiger partial charge < -0.3 is 83.1 Å². The third-order valence-corrected chi connectivity index (χ3v) is 19.1. The SMILES string of the molecule is C[C@]12CC[C@H](OCC(=O)NCCCCCCC(=O)NCCCOCCOCCOCCCNC(=O)c3cc4ccc(OCC(=O)CCCOCCOCCOCCOCCC(=O)O)cc4oc3=O)CC1CCC1C2C[C@@H](O)[C@]2(C)[C@@H](C3=CC(=O)OC3)CC[C@]12O. The molecule has 0 saturated heterocycles. The van der Waals surface area contributed by atoms with E-state index in [0.717, 1.165) is 69.8 Å². The number of nitrogens with one attached hydrogen (secondary N) is 3. The molecule has 0 radical (unpaired) electrons. The number of ether oxygens (including phenoxy) is 10. The zero-order chi connectivity index (χ0) is 64.2. The Bertz CT molecular complexity index is 2700. The number of rotatable bonds is 45. The molecule has 4 aliphatic carbocycles. The van der Waals surface area contributed by atoms with Crippen molar-refractivity contribution in [2.45, 2.75) is 147 Å². The van der Waals surface area contributed by atoms with Crippen LogP contribution < -0.4 is 26.3 Å². The van der Waals surface area contributed by atoms with E-state index in [9.17, 15) is 43.8 Å². The van der Waals surface area contributed by atoms with Gasteiger partial charge in [0.15, 0.2) is 5.78 Å². The van der Waals surface area contributed by atoms with Gasteiger partial charge in [0.25, 0.3) is 5.91 Å². The first-order valence-electron chi connectivity index (χ1n) is 32.7. The zero-order valence-corrected chi connectivity index (χ0v) is 52.9. The van der Waals surface area contributed by atoms with Gasteiger partial charge in [-0.1, -0.05) is 26.7 Å². The smallest absolute Gasteiger partial charge is 0.349 e. The molecule has 2 heterocycles. The molecule has 6 N–H and O–H groups in total. The first-order valence-corrected chi connectivity index (χ1v) is 32.7. The molecular formula is C66H99N3O21. The number of cyclic esters (lactones) is 1. The van der Waals surface area contributed by atoms with Crippen LogP contribution in [0.2, 0.25) is 0 Å². The van der Waals surface area contributed by atoms with Gasteiger partial charge in [-0.15, -0.1) is 0 Å². The van der Waals surface area contributed by atoms with Crippen LogP contribution in [0.4, 0.5) is 0 Å². The molecule has 2 aromatic rings. The number of esters is 1. The van der Waals surface area contributed by atoms with Gasteiger partial charge >= 0.3 is 17.6 Å². The van der Waals surface area contributed by atoms with Crippen molar-refractivity contribution in [2.24, 2.45) is 34.5 Å². The maximum atomic E-state index is 12.8. The number of Topliss-reactive ketones (excluding diaryl/α,β-unsaturated/α-hetero) is 1. The Hall–Kier alpha value is -5.41. The number of aliphatic hydroxyl groups is 2. The Balaban J connectivity index is 0.604. The summed E-state index contributed by atoms with van der Waals surface area (Å²) in [5.41, 5.74) is -1.57. The number of amides is 3. The quantitative estimate of drug-likeness (QED) is 0.0274. The topological polar surface area (TPSA) is 322 Å². The van der Waals surface area contributed by atoms with Crippen molar-refractivity contribution in [1.82, 2.24) is 16.0 Å². The van der Waals surface area contributed by atoms with Gasteiger partial charge in [0.05, 0.1) is 96.9 Å². The van der Waals surface area contributed by atoms with Gasteiger partial charge in [-0.05, 0) is 136 Å². The molecule has 3 unspecified atom stereocenters. The molecule has 0 bridgehead atoms. The Morgan fingerprint density at radius 3 is 1.91 bits per heavy atom. The molecule has 0 spiro atoms. The van der Waals surface area contributed by atoms with Crippen LogP contribution in [0.5, 0.6) is 5.75 Å². The molecule has 1 aliphatic heterocycles. The summed E-state index contributed by atoms with van der Waals surface area (Å²) in [6.07, 6.45) is 13.2. The van der Waals surface area contributed by atoms with Gasteiger partial charge in [0, 0.05) is 75.2 Å². The molecule has 3 amide bonds. The highest BCUT2D eigenvalue weighted by Gasteiger charge is 2.71. The summed E-state index contributed by atoms with van der Waals surface area (Å²) in [6.45, 7) is 11.0. The largest absolute Gasteiger partial charge is 0.486 e.